The summed E-state index contributed by atoms with van der Waals surface area (Å²) >= 11 is 0. The Kier molecular flexibility index (Phi) is 3.09. The van der Waals surface area contributed by atoms with Gasteiger partial charge >= 0.3 is 0 Å². The predicted octanol–water partition coefficient (Wildman–Crippen LogP) is 0.875. The Morgan fingerprint density at radius 2 is 2.27 bits per heavy atom. The Labute approximate surface area is 68.5 Å². The normalized spacial score (nSPS) is 33.7. The molecule has 1 N–H and O–H groups in total. The summed E-state index contributed by atoms with van der Waals surface area (Å²) in [6.45, 7) is 6.98. The van der Waals surface area contributed by atoms with Crippen molar-refractivity contribution in [2.75, 3.05) is 19.6 Å². The molecule has 0 amide bonds. The Morgan fingerprint density at radius 3 is 2.73 bits per heavy atom. The van der Waals surface area contributed by atoms with Gasteiger partial charge in [0, 0.05) is 19.6 Å². The van der Waals surface area contributed by atoms with Gasteiger partial charge in [-0.2, -0.15) is 0 Å². The van der Waals surface area contributed by atoms with Crippen LogP contribution in [-0.4, -0.2) is 35.7 Å². The summed E-state index contributed by atoms with van der Waals surface area (Å²) in [5.74, 6) is 0.445. The lowest BCUT2D eigenvalue weighted by atomic mass is 10.1. The molecule has 2 heteroatoms. The van der Waals surface area contributed by atoms with Crippen LogP contribution >= 0.6 is 0 Å². The van der Waals surface area contributed by atoms with Crippen LogP contribution in [0.25, 0.3) is 0 Å². The van der Waals surface area contributed by atoms with Gasteiger partial charge in [-0.25, -0.2) is 0 Å². The van der Waals surface area contributed by atoms with Gasteiger partial charge in [-0.1, -0.05) is 19.1 Å². The molecule has 1 saturated heterocycles. The summed E-state index contributed by atoms with van der Waals surface area (Å²) < 4.78 is 0. The van der Waals surface area contributed by atoms with Crippen molar-refractivity contribution in [2.45, 2.75) is 20.0 Å². The maximum atomic E-state index is 9.40. The highest BCUT2D eigenvalue weighted by Gasteiger charge is 2.26. The van der Waals surface area contributed by atoms with E-state index in [-0.39, 0.29) is 6.10 Å². The number of allylic oxidation sites excluding steroid dienone is 1. The van der Waals surface area contributed by atoms with E-state index in [4.69, 9.17) is 0 Å². The van der Waals surface area contributed by atoms with Gasteiger partial charge in [0.05, 0.1) is 6.10 Å². The minimum atomic E-state index is -0.111. The molecular weight excluding hydrogens is 138 g/mol. The van der Waals surface area contributed by atoms with Gasteiger partial charge in [-0.3, -0.25) is 4.90 Å². The van der Waals surface area contributed by atoms with Gasteiger partial charge in [0.15, 0.2) is 0 Å². The van der Waals surface area contributed by atoms with Crippen LogP contribution in [0, 0.1) is 5.92 Å². The molecule has 0 aromatic heterocycles. The second-order valence-electron chi connectivity index (χ2n) is 3.33. The smallest absolute Gasteiger partial charge is 0.0704 e. The molecule has 1 aliphatic rings. The fraction of sp³-hybridized carbons (Fsp3) is 0.778. The summed E-state index contributed by atoms with van der Waals surface area (Å²) in [5, 5.41) is 9.40. The van der Waals surface area contributed by atoms with E-state index in [0.29, 0.717) is 5.92 Å². The molecule has 0 spiro atoms. The number of nitrogens with zero attached hydrogens (tertiary/aromatic N) is 1. The average Bonchev–Trinajstić information content (AvgIpc) is 2.28. The van der Waals surface area contributed by atoms with Crippen molar-refractivity contribution >= 4 is 0 Å². The fourth-order valence-electron chi connectivity index (χ4n) is 1.45. The van der Waals surface area contributed by atoms with Crippen LogP contribution in [0.5, 0.6) is 0 Å². The third-order valence-corrected chi connectivity index (χ3v) is 2.25. The van der Waals surface area contributed by atoms with Crippen LogP contribution in [0.3, 0.4) is 0 Å². The van der Waals surface area contributed by atoms with Crippen molar-refractivity contribution in [1.29, 1.82) is 0 Å². The number of rotatable bonds is 2. The summed E-state index contributed by atoms with van der Waals surface area (Å²) in [5.41, 5.74) is 0. The third kappa shape index (κ3) is 2.31. The molecule has 2 atom stereocenters. The van der Waals surface area contributed by atoms with Crippen molar-refractivity contribution in [3.8, 4) is 0 Å². The lowest BCUT2D eigenvalue weighted by Crippen LogP contribution is -2.21. The molecule has 2 unspecified atom stereocenters. The molecular formula is C9H17NO. The van der Waals surface area contributed by atoms with Gasteiger partial charge in [0.2, 0.25) is 0 Å². The number of aliphatic hydroxyl groups is 1. The first kappa shape index (κ1) is 8.75. The highest BCUT2D eigenvalue weighted by molar-refractivity contribution is 4.87. The van der Waals surface area contributed by atoms with Crippen molar-refractivity contribution in [3.05, 3.63) is 12.2 Å². The minimum Gasteiger partial charge on any atom is -0.391 e. The zero-order valence-electron chi connectivity index (χ0n) is 7.33. The van der Waals surface area contributed by atoms with Crippen LogP contribution in [-0.2, 0) is 0 Å². The Balaban J connectivity index is 2.29. The second-order valence-corrected chi connectivity index (χ2v) is 3.33. The van der Waals surface area contributed by atoms with E-state index in [2.05, 4.69) is 24.0 Å². The molecule has 0 saturated carbocycles. The predicted molar refractivity (Wildman–Crippen MR) is 46.4 cm³/mol. The molecule has 0 aliphatic carbocycles. The van der Waals surface area contributed by atoms with E-state index in [1.54, 1.807) is 0 Å². The van der Waals surface area contributed by atoms with Gasteiger partial charge < -0.3 is 5.11 Å². The molecule has 11 heavy (non-hydrogen) atoms. The molecule has 2 nitrogen and oxygen atoms in total. The van der Waals surface area contributed by atoms with E-state index >= 15 is 0 Å². The first-order valence-corrected chi connectivity index (χ1v) is 4.25. The van der Waals surface area contributed by atoms with Crippen molar-refractivity contribution in [3.63, 3.8) is 0 Å². The van der Waals surface area contributed by atoms with E-state index in [0.717, 1.165) is 19.6 Å². The second kappa shape index (κ2) is 3.88. The van der Waals surface area contributed by atoms with Gasteiger partial charge in [-0.05, 0) is 12.8 Å². The number of aliphatic hydroxyl groups excluding tert-OH is 1. The largest absolute Gasteiger partial charge is 0.391 e. The molecule has 1 heterocycles. The number of β-amino-alcohol motifs (C(OH)–C–C–N with tert-alkyl or cyclic N) is 1. The summed E-state index contributed by atoms with van der Waals surface area (Å²) in [4.78, 5) is 2.27. The Bertz CT molecular complexity index is 134. The number of likely N-dealkylation sites (tertiary alicyclic amines) is 1. The molecule has 1 fully saturated rings. The van der Waals surface area contributed by atoms with Gasteiger partial charge in [0.1, 0.15) is 0 Å². The van der Waals surface area contributed by atoms with Crippen molar-refractivity contribution < 1.29 is 5.11 Å². The Morgan fingerprint density at radius 1 is 1.55 bits per heavy atom. The highest BCUT2D eigenvalue weighted by atomic mass is 16.3. The van der Waals surface area contributed by atoms with Crippen molar-refractivity contribution in [2.24, 2.45) is 5.92 Å². The molecule has 1 aliphatic heterocycles. The summed E-state index contributed by atoms with van der Waals surface area (Å²) in [6, 6.07) is 0. The van der Waals surface area contributed by atoms with E-state index in [1.165, 1.54) is 0 Å². The summed E-state index contributed by atoms with van der Waals surface area (Å²) in [6.07, 6.45) is 4.07. The monoisotopic (exact) mass is 155 g/mol. The molecule has 0 radical (unpaired) electrons. The number of hydrogen-bond donors (Lipinski definition) is 1. The lowest BCUT2D eigenvalue weighted by molar-refractivity contribution is 0.149. The summed E-state index contributed by atoms with van der Waals surface area (Å²) in [7, 11) is 0. The topological polar surface area (TPSA) is 23.5 Å². The SMILES string of the molecule is C/C=C/CN1CC(C)C(O)C1. The lowest BCUT2D eigenvalue weighted by Gasteiger charge is -2.10. The molecule has 0 aromatic carbocycles. The number of hydrogen-bond acceptors (Lipinski definition) is 2. The van der Waals surface area contributed by atoms with E-state index in [9.17, 15) is 5.11 Å². The van der Waals surface area contributed by atoms with E-state index in [1.807, 2.05) is 6.92 Å². The van der Waals surface area contributed by atoms with Crippen LogP contribution in [0.2, 0.25) is 0 Å². The zero-order chi connectivity index (χ0) is 8.27. The highest BCUT2D eigenvalue weighted by Crippen LogP contribution is 2.15. The van der Waals surface area contributed by atoms with Crippen LogP contribution < -0.4 is 0 Å². The molecule has 0 aromatic rings. The van der Waals surface area contributed by atoms with Gasteiger partial charge in [-0.15, -0.1) is 0 Å². The first-order chi connectivity index (χ1) is 5.24. The maximum Gasteiger partial charge on any atom is 0.0704 e. The average molecular weight is 155 g/mol. The quantitative estimate of drug-likeness (QED) is 0.598. The molecule has 1 rings (SSSR count). The van der Waals surface area contributed by atoms with Crippen LogP contribution in [0.1, 0.15) is 13.8 Å². The minimum absolute atomic E-state index is 0.111. The van der Waals surface area contributed by atoms with Crippen LogP contribution in [0.15, 0.2) is 12.2 Å². The van der Waals surface area contributed by atoms with Crippen molar-refractivity contribution in [1.82, 2.24) is 4.90 Å². The third-order valence-electron chi connectivity index (χ3n) is 2.25. The Hall–Kier alpha value is -0.340. The van der Waals surface area contributed by atoms with Crippen LogP contribution in [0.4, 0.5) is 0 Å². The standard InChI is InChI=1S/C9H17NO/c1-3-4-5-10-6-8(2)9(11)7-10/h3-4,8-9,11H,5-7H2,1-2H3/b4-3+. The first-order valence-electron chi connectivity index (χ1n) is 4.25. The molecule has 64 valence electrons. The maximum absolute atomic E-state index is 9.40. The zero-order valence-corrected chi connectivity index (χ0v) is 7.33. The van der Waals surface area contributed by atoms with Gasteiger partial charge in [0.25, 0.3) is 0 Å². The van der Waals surface area contributed by atoms with E-state index < -0.39 is 0 Å². The fourth-order valence-corrected chi connectivity index (χ4v) is 1.45. The molecule has 0 bridgehead atoms.